The first-order chi connectivity index (χ1) is 14.1. The molecule has 7 heteroatoms. The van der Waals surface area contributed by atoms with Crippen LogP contribution in [0.3, 0.4) is 0 Å². The van der Waals surface area contributed by atoms with E-state index >= 15 is 0 Å². The summed E-state index contributed by atoms with van der Waals surface area (Å²) in [6.45, 7) is 2.12. The molecule has 2 bridgehead atoms. The molecule has 3 saturated heterocycles. The second-order valence-corrected chi connectivity index (χ2v) is 8.91. The predicted octanol–water partition coefficient (Wildman–Crippen LogP) is 1.07. The number of fused-ring (bicyclic) bond motifs is 4. The lowest BCUT2D eigenvalue weighted by atomic mass is 9.76. The van der Waals surface area contributed by atoms with Crippen LogP contribution in [0.4, 0.5) is 0 Å². The van der Waals surface area contributed by atoms with E-state index in [0.717, 1.165) is 30.1 Å². The van der Waals surface area contributed by atoms with Crippen LogP contribution in [0.1, 0.15) is 60.0 Å². The van der Waals surface area contributed by atoms with E-state index in [1.165, 1.54) is 25.7 Å². The summed E-state index contributed by atoms with van der Waals surface area (Å²) in [6, 6.07) is 6.72. The minimum absolute atomic E-state index is 0.109. The van der Waals surface area contributed by atoms with Gasteiger partial charge in [-0.2, -0.15) is 0 Å². The molecule has 29 heavy (non-hydrogen) atoms. The van der Waals surface area contributed by atoms with Gasteiger partial charge in [-0.05, 0) is 55.2 Å². The molecule has 0 aromatic heterocycles. The number of nitrogens with zero attached hydrogens (tertiary/aromatic N) is 1. The van der Waals surface area contributed by atoms with Crippen molar-refractivity contribution in [2.24, 2.45) is 5.92 Å². The van der Waals surface area contributed by atoms with Crippen molar-refractivity contribution in [1.82, 2.24) is 20.9 Å². The second kappa shape index (κ2) is 7.54. The molecule has 3 amide bonds. The summed E-state index contributed by atoms with van der Waals surface area (Å²) in [4.78, 5) is 38.1. The average molecular weight is 396 g/mol. The number of hydrogen-bond donors (Lipinski definition) is 3. The van der Waals surface area contributed by atoms with Gasteiger partial charge in [0, 0.05) is 43.7 Å². The van der Waals surface area contributed by atoms with E-state index in [0.29, 0.717) is 30.6 Å². The molecule has 4 aliphatic heterocycles. The van der Waals surface area contributed by atoms with Crippen molar-refractivity contribution in [2.45, 2.75) is 69.7 Å². The Morgan fingerprint density at radius 2 is 1.90 bits per heavy atom. The molecule has 2 atom stereocenters. The summed E-state index contributed by atoms with van der Waals surface area (Å²) in [5.74, 6) is 0.0572. The molecule has 0 spiro atoms. The average Bonchev–Trinajstić information content (AvgIpc) is 3.05. The van der Waals surface area contributed by atoms with Gasteiger partial charge in [0.15, 0.2) is 0 Å². The van der Waals surface area contributed by atoms with Gasteiger partial charge in [0.05, 0.1) is 0 Å². The summed E-state index contributed by atoms with van der Waals surface area (Å²) in [5, 5.41) is 9.66. The fourth-order valence-corrected chi connectivity index (χ4v) is 5.44. The van der Waals surface area contributed by atoms with Gasteiger partial charge in [-0.15, -0.1) is 0 Å². The Labute approximate surface area is 170 Å². The number of benzene rings is 1. The smallest absolute Gasteiger partial charge is 0.255 e. The molecule has 2 unspecified atom stereocenters. The number of carbonyl (C=O) groups is 3. The standard InChI is InChI=1S/C22H28N4O3/c27-20-8-7-19(21(28)25-20)26-12-15-2-1-13(9-17(15)22(26)29)10-23-11-18-14-3-5-16(24-18)6-4-14/h1-2,9,14,16,18-19,23-24H,3-8,10-12H2,(H,25,27,28). The van der Waals surface area contributed by atoms with E-state index < -0.39 is 6.04 Å². The minimum Gasteiger partial charge on any atom is -0.322 e. The van der Waals surface area contributed by atoms with Gasteiger partial charge in [-0.1, -0.05) is 12.1 Å². The lowest BCUT2D eigenvalue weighted by Gasteiger charge is -2.43. The van der Waals surface area contributed by atoms with Crippen molar-refractivity contribution in [1.29, 1.82) is 0 Å². The normalized spacial score (nSPS) is 31.2. The van der Waals surface area contributed by atoms with Crippen molar-refractivity contribution in [3.8, 4) is 0 Å². The minimum atomic E-state index is -0.554. The largest absolute Gasteiger partial charge is 0.322 e. The molecule has 7 nitrogen and oxygen atoms in total. The first-order valence-electron chi connectivity index (χ1n) is 10.8. The van der Waals surface area contributed by atoms with Crippen molar-refractivity contribution < 1.29 is 14.4 Å². The van der Waals surface area contributed by atoms with E-state index in [1.807, 2.05) is 12.1 Å². The van der Waals surface area contributed by atoms with Crippen LogP contribution in [0, 0.1) is 5.92 Å². The Balaban J connectivity index is 1.20. The van der Waals surface area contributed by atoms with Crippen molar-refractivity contribution in [2.75, 3.05) is 6.54 Å². The third-order valence-electron chi connectivity index (χ3n) is 7.08. The molecule has 0 radical (unpaired) electrons. The first-order valence-corrected chi connectivity index (χ1v) is 10.8. The molecule has 5 aliphatic rings. The maximum absolute atomic E-state index is 12.9. The SMILES string of the molecule is O=C1CCC(N2Cc3ccc(CNCC4NC5CCC4CC5)cc3C2=O)C(=O)N1. The Morgan fingerprint density at radius 1 is 1.07 bits per heavy atom. The highest BCUT2D eigenvalue weighted by Crippen LogP contribution is 2.33. The number of piperidine rings is 3. The molecule has 3 N–H and O–H groups in total. The number of amides is 3. The summed E-state index contributed by atoms with van der Waals surface area (Å²) < 4.78 is 0. The molecule has 1 aromatic carbocycles. The number of carbonyl (C=O) groups excluding carboxylic acids is 3. The van der Waals surface area contributed by atoms with Crippen LogP contribution >= 0.6 is 0 Å². The molecule has 4 heterocycles. The zero-order valence-electron chi connectivity index (χ0n) is 16.6. The second-order valence-electron chi connectivity index (χ2n) is 8.91. The van der Waals surface area contributed by atoms with E-state index in [4.69, 9.17) is 0 Å². The number of hydrogen-bond acceptors (Lipinski definition) is 5. The molecule has 4 fully saturated rings. The molecule has 6 rings (SSSR count). The fraction of sp³-hybridized carbons (Fsp3) is 0.591. The van der Waals surface area contributed by atoms with Crippen LogP contribution in [0.15, 0.2) is 18.2 Å². The summed E-state index contributed by atoms with van der Waals surface area (Å²) >= 11 is 0. The van der Waals surface area contributed by atoms with Crippen LogP contribution in [0.5, 0.6) is 0 Å². The lowest BCUT2D eigenvalue weighted by Crippen LogP contribution is -2.55. The van der Waals surface area contributed by atoms with Crippen LogP contribution in [-0.4, -0.2) is 47.3 Å². The first kappa shape index (κ1) is 18.8. The molecule has 1 saturated carbocycles. The monoisotopic (exact) mass is 396 g/mol. The van der Waals surface area contributed by atoms with Crippen LogP contribution < -0.4 is 16.0 Å². The zero-order chi connectivity index (χ0) is 20.0. The van der Waals surface area contributed by atoms with Crippen LogP contribution in [0.25, 0.3) is 0 Å². The highest BCUT2D eigenvalue weighted by Gasteiger charge is 2.39. The van der Waals surface area contributed by atoms with Crippen molar-refractivity contribution >= 4 is 17.7 Å². The maximum Gasteiger partial charge on any atom is 0.255 e. The van der Waals surface area contributed by atoms with Gasteiger partial charge in [0.25, 0.3) is 5.91 Å². The van der Waals surface area contributed by atoms with Gasteiger partial charge in [-0.3, -0.25) is 19.7 Å². The highest BCUT2D eigenvalue weighted by molar-refractivity contribution is 6.05. The summed E-state index contributed by atoms with van der Waals surface area (Å²) in [6.07, 6.45) is 5.99. The van der Waals surface area contributed by atoms with Gasteiger partial charge in [-0.25, -0.2) is 0 Å². The van der Waals surface area contributed by atoms with Crippen LogP contribution in [0.2, 0.25) is 0 Å². The number of rotatable bonds is 5. The van der Waals surface area contributed by atoms with E-state index in [9.17, 15) is 14.4 Å². The Bertz CT molecular complexity index is 846. The highest BCUT2D eigenvalue weighted by atomic mass is 16.2. The Hall–Kier alpha value is -2.25. The van der Waals surface area contributed by atoms with Crippen LogP contribution in [-0.2, 0) is 22.7 Å². The van der Waals surface area contributed by atoms with E-state index in [2.05, 4.69) is 22.0 Å². The predicted molar refractivity (Wildman–Crippen MR) is 107 cm³/mol. The molecular weight excluding hydrogens is 368 g/mol. The molecule has 1 aromatic rings. The van der Waals surface area contributed by atoms with Gasteiger partial charge in [0.2, 0.25) is 11.8 Å². The topological polar surface area (TPSA) is 90.5 Å². The number of nitrogens with one attached hydrogen (secondary N) is 3. The van der Waals surface area contributed by atoms with E-state index in [-0.39, 0.29) is 24.1 Å². The lowest BCUT2D eigenvalue weighted by molar-refractivity contribution is -0.136. The quantitative estimate of drug-likeness (QED) is 0.648. The third-order valence-corrected chi connectivity index (χ3v) is 7.08. The van der Waals surface area contributed by atoms with Crippen molar-refractivity contribution in [3.05, 3.63) is 34.9 Å². The maximum atomic E-state index is 12.9. The van der Waals surface area contributed by atoms with Gasteiger partial charge < -0.3 is 15.5 Å². The molecular formula is C22H28N4O3. The molecule has 1 aliphatic carbocycles. The van der Waals surface area contributed by atoms with Gasteiger partial charge >= 0.3 is 0 Å². The Morgan fingerprint density at radius 3 is 2.62 bits per heavy atom. The van der Waals surface area contributed by atoms with Gasteiger partial charge in [0.1, 0.15) is 6.04 Å². The molecule has 154 valence electrons. The number of imide groups is 1. The summed E-state index contributed by atoms with van der Waals surface area (Å²) in [7, 11) is 0. The zero-order valence-corrected chi connectivity index (χ0v) is 16.6. The summed E-state index contributed by atoms with van der Waals surface area (Å²) in [5.41, 5.74) is 2.72. The third kappa shape index (κ3) is 3.57. The van der Waals surface area contributed by atoms with E-state index in [1.54, 1.807) is 4.90 Å². The van der Waals surface area contributed by atoms with Crippen molar-refractivity contribution in [3.63, 3.8) is 0 Å². The fourth-order valence-electron chi connectivity index (χ4n) is 5.44. The Kier molecular flexibility index (Phi) is 4.87.